The van der Waals surface area contributed by atoms with Crippen LogP contribution in [0.25, 0.3) is 0 Å². The zero-order chi connectivity index (χ0) is 15.1. The summed E-state index contributed by atoms with van der Waals surface area (Å²) in [6.07, 6.45) is 5.69. The van der Waals surface area contributed by atoms with Gasteiger partial charge in [0.1, 0.15) is 6.04 Å². The molecule has 21 heavy (non-hydrogen) atoms. The van der Waals surface area contributed by atoms with Crippen molar-refractivity contribution in [3.05, 3.63) is 35.9 Å². The highest BCUT2D eigenvalue weighted by Gasteiger charge is 2.20. The van der Waals surface area contributed by atoms with Crippen molar-refractivity contribution in [3.63, 3.8) is 0 Å². The molecule has 1 atom stereocenters. The summed E-state index contributed by atoms with van der Waals surface area (Å²) in [7, 11) is 0. The van der Waals surface area contributed by atoms with E-state index in [9.17, 15) is 9.59 Å². The lowest BCUT2D eigenvalue weighted by atomic mass is 9.95. The Kier molecular flexibility index (Phi) is 5.75. The maximum absolute atomic E-state index is 11.9. The Hall–Kier alpha value is -1.88. The largest absolute Gasteiger partial charge is 0.368 e. The number of carbonyl (C=O) groups excluding carboxylic acids is 2. The molecule has 114 valence electrons. The minimum absolute atomic E-state index is 0.0796. The van der Waals surface area contributed by atoms with Gasteiger partial charge in [0.25, 0.3) is 0 Å². The first-order valence-corrected chi connectivity index (χ1v) is 7.54. The highest BCUT2D eigenvalue weighted by molar-refractivity contribution is 5.83. The summed E-state index contributed by atoms with van der Waals surface area (Å²) in [6.45, 7) is 0.0962. The molecule has 1 aromatic rings. The van der Waals surface area contributed by atoms with Crippen LogP contribution in [-0.4, -0.2) is 24.4 Å². The summed E-state index contributed by atoms with van der Waals surface area (Å²) < 4.78 is 0. The first-order valence-electron chi connectivity index (χ1n) is 7.54. The van der Waals surface area contributed by atoms with Crippen molar-refractivity contribution in [1.82, 2.24) is 10.6 Å². The van der Waals surface area contributed by atoms with Crippen LogP contribution in [0.3, 0.4) is 0 Å². The lowest BCUT2D eigenvalue weighted by Crippen LogP contribution is -2.44. The summed E-state index contributed by atoms with van der Waals surface area (Å²) in [6, 6.07) is 8.84. The Balaban J connectivity index is 1.84. The number of hydrogen-bond donors (Lipinski definition) is 3. The molecule has 1 aliphatic carbocycles. The van der Waals surface area contributed by atoms with Crippen LogP contribution >= 0.6 is 0 Å². The molecule has 0 bridgehead atoms. The fourth-order valence-electron chi connectivity index (χ4n) is 2.75. The molecule has 2 amide bonds. The van der Waals surface area contributed by atoms with Crippen LogP contribution in [-0.2, 0) is 9.59 Å². The topological polar surface area (TPSA) is 84.2 Å². The Morgan fingerprint density at radius 2 is 1.81 bits per heavy atom. The van der Waals surface area contributed by atoms with Crippen molar-refractivity contribution in [3.8, 4) is 0 Å². The number of benzene rings is 1. The summed E-state index contributed by atoms with van der Waals surface area (Å²) in [5.41, 5.74) is 6.18. The lowest BCUT2D eigenvalue weighted by molar-refractivity contribution is -0.122. The average Bonchev–Trinajstić information content (AvgIpc) is 2.49. The Labute approximate surface area is 125 Å². The van der Waals surface area contributed by atoms with Gasteiger partial charge in [-0.2, -0.15) is 0 Å². The normalized spacial score (nSPS) is 17.1. The van der Waals surface area contributed by atoms with Crippen LogP contribution in [0, 0.1) is 0 Å². The Bertz CT molecular complexity index is 470. The van der Waals surface area contributed by atoms with Crippen molar-refractivity contribution < 1.29 is 9.59 Å². The predicted molar refractivity (Wildman–Crippen MR) is 81.4 cm³/mol. The minimum Gasteiger partial charge on any atom is -0.368 e. The number of nitrogens with one attached hydrogen (secondary N) is 2. The van der Waals surface area contributed by atoms with Gasteiger partial charge in [0.05, 0.1) is 6.54 Å². The van der Waals surface area contributed by atoms with Crippen LogP contribution in [0.1, 0.15) is 43.7 Å². The molecule has 0 aromatic heterocycles. The molecule has 0 unspecified atom stereocenters. The van der Waals surface area contributed by atoms with Crippen molar-refractivity contribution in [1.29, 1.82) is 0 Å². The predicted octanol–water partition coefficient (Wildman–Crippen LogP) is 1.25. The van der Waals surface area contributed by atoms with Gasteiger partial charge >= 0.3 is 0 Å². The molecule has 5 heteroatoms. The second-order valence-corrected chi connectivity index (χ2v) is 5.53. The zero-order valence-corrected chi connectivity index (χ0v) is 12.2. The number of nitrogens with two attached hydrogens (primary N) is 1. The van der Waals surface area contributed by atoms with Crippen LogP contribution in [0.2, 0.25) is 0 Å². The molecule has 0 saturated heterocycles. The van der Waals surface area contributed by atoms with Gasteiger partial charge in [-0.05, 0) is 18.4 Å². The Morgan fingerprint density at radius 3 is 2.43 bits per heavy atom. The zero-order valence-electron chi connectivity index (χ0n) is 12.2. The first-order chi connectivity index (χ1) is 10.2. The van der Waals surface area contributed by atoms with E-state index in [0.717, 1.165) is 18.4 Å². The second kappa shape index (κ2) is 7.78. The molecule has 1 saturated carbocycles. The summed E-state index contributed by atoms with van der Waals surface area (Å²) in [5, 5.41) is 5.95. The third-order valence-corrected chi connectivity index (χ3v) is 3.85. The highest BCUT2D eigenvalue weighted by Crippen LogP contribution is 2.17. The molecule has 2 rings (SSSR count). The van der Waals surface area contributed by atoms with E-state index in [1.165, 1.54) is 19.3 Å². The number of amides is 2. The first kappa shape index (κ1) is 15.5. The molecule has 1 fully saturated rings. The van der Waals surface area contributed by atoms with Gasteiger partial charge in [-0.1, -0.05) is 49.6 Å². The Morgan fingerprint density at radius 1 is 1.14 bits per heavy atom. The third kappa shape index (κ3) is 4.86. The van der Waals surface area contributed by atoms with E-state index >= 15 is 0 Å². The molecule has 0 aliphatic heterocycles. The summed E-state index contributed by atoms with van der Waals surface area (Å²) >= 11 is 0. The monoisotopic (exact) mass is 289 g/mol. The van der Waals surface area contributed by atoms with Gasteiger partial charge in [-0.25, -0.2) is 0 Å². The second-order valence-electron chi connectivity index (χ2n) is 5.53. The van der Waals surface area contributed by atoms with Gasteiger partial charge in [0.2, 0.25) is 11.8 Å². The smallest absolute Gasteiger partial charge is 0.239 e. The van der Waals surface area contributed by atoms with E-state index in [2.05, 4.69) is 10.6 Å². The fraction of sp³-hybridized carbons (Fsp3) is 0.500. The van der Waals surface area contributed by atoms with Crippen molar-refractivity contribution in [2.75, 3.05) is 6.54 Å². The van der Waals surface area contributed by atoms with Crippen molar-refractivity contribution in [2.24, 2.45) is 5.73 Å². The summed E-state index contributed by atoms with van der Waals surface area (Å²) in [5.74, 6) is -0.559. The average molecular weight is 289 g/mol. The molecular weight excluding hydrogens is 266 g/mol. The minimum atomic E-state index is -0.636. The van der Waals surface area contributed by atoms with Crippen LogP contribution in [0.15, 0.2) is 30.3 Å². The van der Waals surface area contributed by atoms with E-state index < -0.39 is 11.9 Å². The van der Waals surface area contributed by atoms with E-state index in [-0.39, 0.29) is 18.5 Å². The lowest BCUT2D eigenvalue weighted by Gasteiger charge is -2.23. The van der Waals surface area contributed by atoms with Gasteiger partial charge in [-0.3, -0.25) is 14.9 Å². The van der Waals surface area contributed by atoms with Crippen LogP contribution in [0.4, 0.5) is 0 Å². The van der Waals surface area contributed by atoms with E-state index in [1.54, 1.807) is 0 Å². The number of hydrogen-bond acceptors (Lipinski definition) is 3. The van der Waals surface area contributed by atoms with E-state index in [4.69, 9.17) is 5.73 Å². The maximum Gasteiger partial charge on any atom is 0.239 e. The highest BCUT2D eigenvalue weighted by atomic mass is 16.2. The third-order valence-electron chi connectivity index (χ3n) is 3.85. The quantitative estimate of drug-likeness (QED) is 0.737. The standard InChI is InChI=1S/C16H23N3O2/c17-16(21)15(12-7-3-1-4-8-12)18-11-14(20)19-13-9-5-2-6-10-13/h1,3-4,7-8,13,15,18H,2,5-6,9-11H2,(H2,17,21)(H,19,20)/t15-/m0/s1. The van der Waals surface area contributed by atoms with Crippen molar-refractivity contribution >= 4 is 11.8 Å². The molecule has 0 spiro atoms. The van der Waals surface area contributed by atoms with Gasteiger partial charge in [-0.15, -0.1) is 0 Å². The maximum atomic E-state index is 11.9. The molecule has 0 radical (unpaired) electrons. The van der Waals surface area contributed by atoms with E-state index in [1.807, 2.05) is 30.3 Å². The molecule has 0 heterocycles. The molecule has 4 N–H and O–H groups in total. The SMILES string of the molecule is NC(=O)[C@@H](NCC(=O)NC1CCCCC1)c1ccccc1. The number of primary amides is 1. The van der Waals surface area contributed by atoms with E-state index in [0.29, 0.717) is 0 Å². The van der Waals surface area contributed by atoms with Gasteiger partial charge in [0, 0.05) is 6.04 Å². The van der Waals surface area contributed by atoms with Crippen LogP contribution < -0.4 is 16.4 Å². The fourth-order valence-corrected chi connectivity index (χ4v) is 2.75. The number of rotatable bonds is 6. The molecular formula is C16H23N3O2. The van der Waals surface area contributed by atoms with Crippen molar-refractivity contribution in [2.45, 2.75) is 44.2 Å². The molecule has 1 aliphatic rings. The number of carbonyl (C=O) groups is 2. The molecule has 1 aromatic carbocycles. The van der Waals surface area contributed by atoms with Gasteiger partial charge in [0.15, 0.2) is 0 Å². The van der Waals surface area contributed by atoms with Crippen LogP contribution in [0.5, 0.6) is 0 Å². The van der Waals surface area contributed by atoms with Gasteiger partial charge < -0.3 is 11.1 Å². The summed E-state index contributed by atoms with van der Waals surface area (Å²) in [4.78, 5) is 23.5. The molecule has 5 nitrogen and oxygen atoms in total.